The van der Waals surface area contributed by atoms with Crippen LogP contribution in [0.2, 0.25) is 0 Å². The molecule has 0 unspecified atom stereocenters. The Morgan fingerprint density at radius 1 is 1.43 bits per heavy atom. The molecule has 0 aromatic carbocycles. The van der Waals surface area contributed by atoms with Crippen LogP contribution in [0.3, 0.4) is 0 Å². The highest BCUT2D eigenvalue weighted by Crippen LogP contribution is 2.27. The average molecular weight is 315 g/mol. The van der Waals surface area contributed by atoms with Crippen LogP contribution in [0.25, 0.3) is 0 Å². The van der Waals surface area contributed by atoms with Crippen LogP contribution in [0.5, 0.6) is 0 Å². The van der Waals surface area contributed by atoms with Crippen molar-refractivity contribution in [1.82, 2.24) is 14.5 Å². The van der Waals surface area contributed by atoms with Gasteiger partial charge >= 0.3 is 0 Å². The standard InChI is InChI=1S/C12H21N5O3S/c1-12(2)8-16(4-5-17(12)21(3,19)20)10-6-11(18)15-14-9(10)7-13/h6H,4-5,7-8,13H2,1-3H3,(H,15,18). The van der Waals surface area contributed by atoms with Gasteiger partial charge in [0.2, 0.25) is 10.0 Å². The summed E-state index contributed by atoms with van der Waals surface area (Å²) >= 11 is 0. The largest absolute Gasteiger partial charge is 0.367 e. The van der Waals surface area contributed by atoms with E-state index in [-0.39, 0.29) is 12.1 Å². The van der Waals surface area contributed by atoms with Crippen molar-refractivity contribution in [3.8, 4) is 0 Å². The molecule has 9 heteroatoms. The second-order valence-electron chi connectivity index (χ2n) is 5.84. The Balaban J connectivity index is 2.34. The van der Waals surface area contributed by atoms with Crippen molar-refractivity contribution in [2.75, 3.05) is 30.8 Å². The van der Waals surface area contributed by atoms with Crippen LogP contribution in [-0.2, 0) is 16.6 Å². The summed E-state index contributed by atoms with van der Waals surface area (Å²) in [5.41, 5.74) is 6.05. The molecule has 3 N–H and O–H groups in total. The molecular formula is C12H21N5O3S. The van der Waals surface area contributed by atoms with Crippen molar-refractivity contribution in [2.45, 2.75) is 25.9 Å². The molecule has 0 radical (unpaired) electrons. The Labute approximate surface area is 124 Å². The van der Waals surface area contributed by atoms with E-state index in [0.29, 0.717) is 31.0 Å². The Kier molecular flexibility index (Phi) is 4.09. The van der Waals surface area contributed by atoms with Crippen molar-refractivity contribution >= 4 is 15.7 Å². The first-order valence-electron chi connectivity index (χ1n) is 6.66. The van der Waals surface area contributed by atoms with Crippen LogP contribution in [0.4, 0.5) is 5.69 Å². The van der Waals surface area contributed by atoms with Gasteiger partial charge in [-0.3, -0.25) is 4.79 Å². The van der Waals surface area contributed by atoms with E-state index < -0.39 is 15.6 Å². The highest BCUT2D eigenvalue weighted by Gasteiger charge is 2.39. The number of nitrogens with two attached hydrogens (primary N) is 1. The van der Waals surface area contributed by atoms with Crippen LogP contribution >= 0.6 is 0 Å². The van der Waals surface area contributed by atoms with Gasteiger partial charge in [0.05, 0.1) is 17.6 Å². The minimum Gasteiger partial charge on any atom is -0.367 e. The number of aromatic nitrogens is 2. The van der Waals surface area contributed by atoms with Crippen molar-refractivity contribution in [2.24, 2.45) is 5.73 Å². The molecule has 0 spiro atoms. The van der Waals surface area contributed by atoms with Gasteiger partial charge in [-0.25, -0.2) is 13.5 Å². The van der Waals surface area contributed by atoms with E-state index >= 15 is 0 Å². The van der Waals surface area contributed by atoms with Gasteiger partial charge < -0.3 is 10.6 Å². The highest BCUT2D eigenvalue weighted by molar-refractivity contribution is 7.88. The predicted molar refractivity (Wildman–Crippen MR) is 80.6 cm³/mol. The molecule has 1 aliphatic rings. The van der Waals surface area contributed by atoms with Crippen LogP contribution in [0, 0.1) is 0 Å². The Hall–Kier alpha value is -1.45. The van der Waals surface area contributed by atoms with Gasteiger partial charge in [0.25, 0.3) is 5.56 Å². The maximum Gasteiger partial charge on any atom is 0.266 e. The number of hydrogen-bond acceptors (Lipinski definition) is 6. The summed E-state index contributed by atoms with van der Waals surface area (Å²) in [7, 11) is -3.26. The molecule has 0 aliphatic carbocycles. The Morgan fingerprint density at radius 3 is 2.62 bits per heavy atom. The lowest BCUT2D eigenvalue weighted by Gasteiger charge is -2.46. The zero-order valence-corrected chi connectivity index (χ0v) is 13.3. The lowest BCUT2D eigenvalue weighted by atomic mass is 10.0. The van der Waals surface area contributed by atoms with Crippen LogP contribution in [-0.4, -0.2) is 54.3 Å². The predicted octanol–water partition coefficient (Wildman–Crippen LogP) is -0.911. The Bertz CT molecular complexity index is 682. The number of nitrogens with one attached hydrogen (secondary N) is 1. The van der Waals surface area contributed by atoms with E-state index in [1.54, 1.807) is 0 Å². The zero-order valence-electron chi connectivity index (χ0n) is 12.5. The smallest absolute Gasteiger partial charge is 0.266 e. The fourth-order valence-electron chi connectivity index (χ4n) is 2.80. The van der Waals surface area contributed by atoms with Gasteiger partial charge in [-0.05, 0) is 13.8 Å². The number of hydrogen-bond donors (Lipinski definition) is 2. The summed E-state index contributed by atoms with van der Waals surface area (Å²) in [5.74, 6) is 0. The zero-order chi connectivity index (χ0) is 15.8. The number of rotatable bonds is 3. The monoisotopic (exact) mass is 315 g/mol. The first-order valence-corrected chi connectivity index (χ1v) is 8.51. The third-order valence-corrected chi connectivity index (χ3v) is 5.10. The maximum absolute atomic E-state index is 11.8. The number of aromatic amines is 1. The lowest BCUT2D eigenvalue weighted by Crippen LogP contribution is -2.61. The second kappa shape index (κ2) is 5.39. The topological polar surface area (TPSA) is 112 Å². The maximum atomic E-state index is 11.8. The van der Waals surface area contributed by atoms with Gasteiger partial charge in [-0.15, -0.1) is 0 Å². The molecule has 2 rings (SSSR count). The van der Waals surface area contributed by atoms with E-state index in [1.807, 2.05) is 18.7 Å². The van der Waals surface area contributed by atoms with Crippen LogP contribution < -0.4 is 16.2 Å². The molecule has 118 valence electrons. The quantitative estimate of drug-likeness (QED) is 0.746. The third kappa shape index (κ3) is 3.25. The molecule has 0 saturated carbocycles. The molecule has 1 aromatic heterocycles. The van der Waals surface area contributed by atoms with Gasteiger partial charge in [-0.1, -0.05) is 0 Å². The van der Waals surface area contributed by atoms with E-state index in [9.17, 15) is 13.2 Å². The minimum atomic E-state index is -3.26. The number of piperazine rings is 1. The van der Waals surface area contributed by atoms with E-state index in [2.05, 4.69) is 10.2 Å². The summed E-state index contributed by atoms with van der Waals surface area (Å²) in [6.45, 7) is 5.26. The van der Waals surface area contributed by atoms with E-state index in [1.165, 1.54) is 16.6 Å². The normalized spacial score (nSPS) is 19.7. The summed E-state index contributed by atoms with van der Waals surface area (Å²) < 4.78 is 25.2. The molecule has 0 bridgehead atoms. The van der Waals surface area contributed by atoms with Crippen molar-refractivity contribution in [3.63, 3.8) is 0 Å². The van der Waals surface area contributed by atoms with Crippen molar-refractivity contribution in [1.29, 1.82) is 0 Å². The van der Waals surface area contributed by atoms with Crippen LogP contribution in [0.15, 0.2) is 10.9 Å². The van der Waals surface area contributed by atoms with Gasteiger partial charge in [0, 0.05) is 37.8 Å². The third-order valence-electron chi connectivity index (χ3n) is 3.62. The van der Waals surface area contributed by atoms with Crippen LogP contribution in [0.1, 0.15) is 19.5 Å². The number of sulfonamides is 1. The van der Waals surface area contributed by atoms with E-state index in [0.717, 1.165) is 0 Å². The Morgan fingerprint density at radius 2 is 2.10 bits per heavy atom. The van der Waals surface area contributed by atoms with E-state index in [4.69, 9.17) is 5.73 Å². The minimum absolute atomic E-state index is 0.207. The molecular weight excluding hydrogens is 294 g/mol. The van der Waals surface area contributed by atoms with Crippen molar-refractivity contribution < 1.29 is 8.42 Å². The molecule has 2 heterocycles. The van der Waals surface area contributed by atoms with Crippen molar-refractivity contribution in [3.05, 3.63) is 22.1 Å². The summed E-state index contributed by atoms with van der Waals surface area (Å²) in [5, 5.41) is 6.32. The summed E-state index contributed by atoms with van der Waals surface area (Å²) in [6.07, 6.45) is 1.21. The molecule has 21 heavy (non-hydrogen) atoms. The fourth-order valence-corrected chi connectivity index (χ4v) is 4.17. The highest BCUT2D eigenvalue weighted by atomic mass is 32.2. The molecule has 1 aromatic rings. The molecule has 0 amide bonds. The van der Waals surface area contributed by atoms with Gasteiger partial charge in [-0.2, -0.15) is 9.40 Å². The molecule has 8 nitrogen and oxygen atoms in total. The lowest BCUT2D eigenvalue weighted by molar-refractivity contribution is 0.206. The first-order chi connectivity index (χ1) is 9.65. The molecule has 1 aliphatic heterocycles. The average Bonchev–Trinajstić information content (AvgIpc) is 2.35. The SMILES string of the molecule is CC1(C)CN(c2cc(=O)[nH]nc2CN)CCN1S(C)(=O)=O. The van der Waals surface area contributed by atoms with Gasteiger partial charge in [0.1, 0.15) is 0 Å². The summed E-state index contributed by atoms with van der Waals surface area (Å²) in [4.78, 5) is 13.5. The molecule has 1 saturated heterocycles. The number of anilines is 1. The fraction of sp³-hybridized carbons (Fsp3) is 0.667. The summed E-state index contributed by atoms with van der Waals surface area (Å²) in [6, 6.07) is 1.46. The molecule has 1 fully saturated rings. The van der Waals surface area contributed by atoms with Gasteiger partial charge in [0.15, 0.2) is 0 Å². The number of H-pyrrole nitrogens is 1. The molecule has 0 atom stereocenters. The number of nitrogens with zero attached hydrogens (tertiary/aromatic N) is 3. The first kappa shape index (κ1) is 15.9. The second-order valence-corrected chi connectivity index (χ2v) is 7.74.